The van der Waals surface area contributed by atoms with Gasteiger partial charge in [0.25, 0.3) is 0 Å². The van der Waals surface area contributed by atoms with E-state index in [4.69, 9.17) is 11.6 Å². The summed E-state index contributed by atoms with van der Waals surface area (Å²) in [6, 6.07) is 4.42. The summed E-state index contributed by atoms with van der Waals surface area (Å²) in [5.41, 5.74) is 0.524. The van der Waals surface area contributed by atoms with Crippen LogP contribution < -0.4 is 5.32 Å². The molecule has 1 aromatic carbocycles. The smallest absolute Gasteiger partial charge is 0.220 e. The first kappa shape index (κ1) is 9.46. The lowest BCUT2D eigenvalue weighted by molar-refractivity contribution is -0.119. The van der Waals surface area contributed by atoms with Gasteiger partial charge >= 0.3 is 0 Å². The van der Waals surface area contributed by atoms with Crippen molar-refractivity contribution in [3.63, 3.8) is 0 Å². The Morgan fingerprint density at radius 1 is 1.50 bits per heavy atom. The van der Waals surface area contributed by atoms with Gasteiger partial charge in [0, 0.05) is 23.9 Å². The highest BCUT2D eigenvalue weighted by Crippen LogP contribution is 2.27. The third-order valence-electron chi connectivity index (χ3n) is 2.38. The van der Waals surface area contributed by atoms with Gasteiger partial charge in [-0.3, -0.25) is 4.79 Å². The molecule has 1 unspecified atom stereocenters. The first-order chi connectivity index (χ1) is 6.66. The monoisotopic (exact) mass is 213 g/mol. The van der Waals surface area contributed by atoms with Crippen LogP contribution in [0.4, 0.5) is 4.39 Å². The molecule has 14 heavy (non-hydrogen) atoms. The zero-order valence-electron chi connectivity index (χ0n) is 7.39. The predicted molar refractivity (Wildman–Crippen MR) is 51.8 cm³/mol. The van der Waals surface area contributed by atoms with Crippen molar-refractivity contribution in [2.75, 3.05) is 6.54 Å². The lowest BCUT2D eigenvalue weighted by Gasteiger charge is -2.08. The summed E-state index contributed by atoms with van der Waals surface area (Å²) in [7, 11) is 0. The Balaban J connectivity index is 2.31. The molecule has 1 fully saturated rings. The molecule has 1 aliphatic heterocycles. The van der Waals surface area contributed by atoms with Gasteiger partial charge in [0.05, 0.1) is 0 Å². The van der Waals surface area contributed by atoms with Crippen LogP contribution in [0, 0.1) is 5.82 Å². The third-order valence-corrected chi connectivity index (χ3v) is 2.61. The van der Waals surface area contributed by atoms with E-state index in [1.54, 1.807) is 6.07 Å². The van der Waals surface area contributed by atoms with Gasteiger partial charge in [-0.05, 0) is 23.8 Å². The summed E-state index contributed by atoms with van der Waals surface area (Å²) in [4.78, 5) is 11.0. The second-order valence-corrected chi connectivity index (χ2v) is 3.81. The molecule has 1 N–H and O–H groups in total. The first-order valence-electron chi connectivity index (χ1n) is 4.38. The molecule has 0 aliphatic carbocycles. The zero-order valence-corrected chi connectivity index (χ0v) is 8.14. The van der Waals surface area contributed by atoms with Gasteiger partial charge in [-0.2, -0.15) is 0 Å². The van der Waals surface area contributed by atoms with E-state index in [0.29, 0.717) is 23.6 Å². The van der Waals surface area contributed by atoms with Crippen molar-refractivity contribution >= 4 is 17.5 Å². The topological polar surface area (TPSA) is 29.1 Å². The van der Waals surface area contributed by atoms with Gasteiger partial charge in [0.15, 0.2) is 0 Å². The number of carbonyl (C=O) groups is 1. The highest BCUT2D eigenvalue weighted by Gasteiger charge is 2.25. The number of rotatable bonds is 1. The van der Waals surface area contributed by atoms with Crippen molar-refractivity contribution in [3.05, 3.63) is 34.6 Å². The van der Waals surface area contributed by atoms with Gasteiger partial charge < -0.3 is 5.32 Å². The lowest BCUT2D eigenvalue weighted by Crippen LogP contribution is -2.13. The standard InChI is InChI=1S/C10H9ClFNO/c11-7-1-2-9(12)8(4-7)6-3-10(14)13-5-6/h1-2,4,6H,3,5H2,(H,13,14). The molecular formula is C10H9ClFNO. The van der Waals surface area contributed by atoms with Gasteiger partial charge in [-0.1, -0.05) is 11.6 Å². The van der Waals surface area contributed by atoms with E-state index in [2.05, 4.69) is 5.32 Å². The number of nitrogens with one attached hydrogen (secondary N) is 1. The van der Waals surface area contributed by atoms with Crippen LogP contribution in [0.2, 0.25) is 5.02 Å². The van der Waals surface area contributed by atoms with Crippen molar-refractivity contribution in [1.29, 1.82) is 0 Å². The zero-order chi connectivity index (χ0) is 10.1. The van der Waals surface area contributed by atoms with Gasteiger partial charge in [-0.15, -0.1) is 0 Å². The quantitative estimate of drug-likeness (QED) is 0.761. The van der Waals surface area contributed by atoms with Crippen LogP contribution in [-0.2, 0) is 4.79 Å². The Morgan fingerprint density at radius 3 is 2.93 bits per heavy atom. The Labute approximate surface area is 86.1 Å². The van der Waals surface area contributed by atoms with Gasteiger partial charge in [0.1, 0.15) is 5.82 Å². The van der Waals surface area contributed by atoms with Crippen LogP contribution in [0.25, 0.3) is 0 Å². The molecule has 0 bridgehead atoms. The van der Waals surface area contributed by atoms with Crippen LogP contribution in [-0.4, -0.2) is 12.5 Å². The molecule has 1 atom stereocenters. The molecule has 1 aromatic rings. The largest absolute Gasteiger partial charge is 0.355 e. The fourth-order valence-corrected chi connectivity index (χ4v) is 1.83. The molecule has 74 valence electrons. The van der Waals surface area contributed by atoms with Crippen molar-refractivity contribution in [2.24, 2.45) is 0 Å². The molecule has 4 heteroatoms. The van der Waals surface area contributed by atoms with Crippen molar-refractivity contribution < 1.29 is 9.18 Å². The number of hydrogen-bond donors (Lipinski definition) is 1. The van der Waals surface area contributed by atoms with E-state index < -0.39 is 0 Å². The van der Waals surface area contributed by atoms with Crippen molar-refractivity contribution in [1.82, 2.24) is 5.32 Å². The van der Waals surface area contributed by atoms with E-state index in [0.717, 1.165) is 0 Å². The number of carbonyl (C=O) groups excluding carboxylic acids is 1. The summed E-state index contributed by atoms with van der Waals surface area (Å²) in [6.07, 6.45) is 0.345. The lowest BCUT2D eigenvalue weighted by atomic mass is 9.98. The summed E-state index contributed by atoms with van der Waals surface area (Å²) in [6.45, 7) is 0.496. The number of halogens is 2. The van der Waals surface area contributed by atoms with Gasteiger partial charge in [0.2, 0.25) is 5.91 Å². The second-order valence-electron chi connectivity index (χ2n) is 3.37. The maximum Gasteiger partial charge on any atom is 0.220 e. The van der Waals surface area contributed by atoms with Gasteiger partial charge in [-0.25, -0.2) is 4.39 Å². The minimum Gasteiger partial charge on any atom is -0.355 e. The fraction of sp³-hybridized carbons (Fsp3) is 0.300. The molecular weight excluding hydrogens is 205 g/mol. The summed E-state index contributed by atoms with van der Waals surface area (Å²) < 4.78 is 13.4. The molecule has 0 aromatic heterocycles. The number of hydrogen-bond acceptors (Lipinski definition) is 1. The van der Waals surface area contributed by atoms with Crippen LogP contribution in [0.5, 0.6) is 0 Å². The molecule has 1 aliphatic rings. The highest BCUT2D eigenvalue weighted by molar-refractivity contribution is 6.30. The molecule has 0 spiro atoms. The van der Waals surface area contributed by atoms with Crippen LogP contribution in [0.15, 0.2) is 18.2 Å². The third kappa shape index (κ3) is 1.73. The van der Waals surface area contributed by atoms with Crippen molar-refractivity contribution in [3.8, 4) is 0 Å². The minimum absolute atomic E-state index is 0.0330. The minimum atomic E-state index is -0.295. The Morgan fingerprint density at radius 2 is 2.29 bits per heavy atom. The van der Waals surface area contributed by atoms with Crippen LogP contribution in [0.3, 0.4) is 0 Å². The Bertz CT molecular complexity index is 380. The molecule has 0 radical (unpaired) electrons. The maximum absolute atomic E-state index is 13.4. The van der Waals surface area contributed by atoms with E-state index in [9.17, 15) is 9.18 Å². The van der Waals surface area contributed by atoms with Crippen LogP contribution in [0.1, 0.15) is 17.9 Å². The SMILES string of the molecule is O=C1CC(c2cc(Cl)ccc2F)CN1. The predicted octanol–water partition coefficient (Wildman–Crippen LogP) is 2.08. The maximum atomic E-state index is 13.4. The molecule has 1 amide bonds. The fourth-order valence-electron chi connectivity index (χ4n) is 1.65. The highest BCUT2D eigenvalue weighted by atomic mass is 35.5. The molecule has 1 heterocycles. The van der Waals surface area contributed by atoms with E-state index in [1.165, 1.54) is 12.1 Å². The van der Waals surface area contributed by atoms with Crippen LogP contribution >= 0.6 is 11.6 Å². The average molecular weight is 214 g/mol. The van der Waals surface area contributed by atoms with E-state index in [1.807, 2.05) is 0 Å². The van der Waals surface area contributed by atoms with E-state index in [-0.39, 0.29) is 17.6 Å². The molecule has 1 saturated heterocycles. The first-order valence-corrected chi connectivity index (χ1v) is 4.76. The van der Waals surface area contributed by atoms with E-state index >= 15 is 0 Å². The summed E-state index contributed by atoms with van der Waals surface area (Å²) in [5.74, 6) is -0.411. The number of benzene rings is 1. The number of amides is 1. The second kappa shape index (κ2) is 3.58. The molecule has 2 rings (SSSR count). The summed E-state index contributed by atoms with van der Waals surface area (Å²) in [5, 5.41) is 3.17. The Kier molecular flexibility index (Phi) is 2.42. The average Bonchev–Trinajstić information content (AvgIpc) is 2.56. The molecule has 2 nitrogen and oxygen atoms in total. The summed E-state index contributed by atoms with van der Waals surface area (Å²) >= 11 is 5.76. The Hall–Kier alpha value is -1.09. The van der Waals surface area contributed by atoms with Crippen molar-refractivity contribution in [2.45, 2.75) is 12.3 Å². The normalized spacial score (nSPS) is 21.0. The molecule has 0 saturated carbocycles.